The second-order valence-corrected chi connectivity index (χ2v) is 17.7. The fourth-order valence-electron chi connectivity index (χ4n) is 6.18. The van der Waals surface area contributed by atoms with E-state index in [0.29, 0.717) is 36.7 Å². The summed E-state index contributed by atoms with van der Waals surface area (Å²) in [6, 6.07) is 0. The number of hydrogen-bond donors (Lipinski definition) is 3. The number of phosphoric acid groups is 1. The van der Waals surface area contributed by atoms with Gasteiger partial charge in [0.25, 0.3) is 7.82 Å². The van der Waals surface area contributed by atoms with Gasteiger partial charge >= 0.3 is 11.9 Å². The number of likely N-dealkylation sites (N-methyl/N-ethyl adjacent to an activating group) is 1. The van der Waals surface area contributed by atoms with Gasteiger partial charge < -0.3 is 43.2 Å². The fraction of sp³-hybridized carbons (Fsp3) is 0.625. The third-order valence-corrected chi connectivity index (χ3v) is 10.7. The summed E-state index contributed by atoms with van der Waals surface area (Å²) in [6.45, 7) is 3.51. The third-order valence-electron chi connectivity index (χ3n) is 9.70. The number of quaternary nitrogens is 1. The molecule has 7 atom stereocenters. The maximum absolute atomic E-state index is 12.7. The van der Waals surface area contributed by atoms with Crippen molar-refractivity contribution < 1.29 is 57.4 Å². The summed E-state index contributed by atoms with van der Waals surface area (Å²) >= 11 is 0. The highest BCUT2D eigenvalue weighted by Crippen LogP contribution is 2.38. The molecule has 0 spiro atoms. The Morgan fingerprint density at radius 1 is 0.770 bits per heavy atom. The van der Waals surface area contributed by atoms with Crippen LogP contribution in [0.2, 0.25) is 0 Å². The molecule has 1 rings (SSSR count). The van der Waals surface area contributed by atoms with Crippen molar-refractivity contribution in [3.05, 3.63) is 97.2 Å². The highest BCUT2D eigenvalue weighted by Gasteiger charge is 2.39. The van der Waals surface area contributed by atoms with E-state index in [-0.39, 0.29) is 37.7 Å². The molecule has 1 unspecified atom stereocenters. The fourth-order valence-corrected chi connectivity index (χ4v) is 6.91. The molecule has 1 fully saturated rings. The highest BCUT2D eigenvalue weighted by molar-refractivity contribution is 7.45. The molecule has 1 saturated carbocycles. The largest absolute Gasteiger partial charge is 0.756 e. The topological polar surface area (TPSA) is 172 Å². The van der Waals surface area contributed by atoms with Crippen molar-refractivity contribution in [2.24, 2.45) is 11.8 Å². The van der Waals surface area contributed by atoms with Crippen LogP contribution in [0, 0.1) is 11.8 Å². The third kappa shape index (κ3) is 31.3. The molecule has 13 heteroatoms. The summed E-state index contributed by atoms with van der Waals surface area (Å²) in [6.07, 6.45) is 38.7. The van der Waals surface area contributed by atoms with Crippen molar-refractivity contribution in [1.82, 2.24) is 0 Å². The monoisotopic (exact) mass is 876 g/mol. The quantitative estimate of drug-likeness (QED) is 0.0187. The van der Waals surface area contributed by atoms with Gasteiger partial charge in [-0.15, -0.1) is 0 Å². The Bertz CT molecular complexity index is 1480. The molecule has 0 aromatic heterocycles. The van der Waals surface area contributed by atoms with Crippen molar-refractivity contribution in [3.8, 4) is 0 Å². The van der Waals surface area contributed by atoms with Crippen LogP contribution in [0.4, 0.5) is 0 Å². The number of aliphatic hydroxyl groups excluding tert-OH is 3. The Labute approximate surface area is 367 Å². The number of carbonyl (C=O) groups excluding carboxylic acids is 2. The molecule has 0 saturated heterocycles. The lowest BCUT2D eigenvalue weighted by Crippen LogP contribution is -2.37. The first-order chi connectivity index (χ1) is 29.2. The molecule has 12 nitrogen and oxygen atoms in total. The van der Waals surface area contributed by atoms with Gasteiger partial charge in [0, 0.05) is 18.8 Å². The zero-order chi connectivity index (χ0) is 45.2. The van der Waals surface area contributed by atoms with Gasteiger partial charge in [0.2, 0.25) is 0 Å². The van der Waals surface area contributed by atoms with Crippen LogP contribution < -0.4 is 4.89 Å². The minimum Gasteiger partial charge on any atom is -0.756 e. The van der Waals surface area contributed by atoms with Gasteiger partial charge in [-0.25, -0.2) is 0 Å². The molecule has 1 aliphatic rings. The van der Waals surface area contributed by atoms with Crippen LogP contribution in [0.5, 0.6) is 0 Å². The number of esters is 2. The minimum atomic E-state index is -4.73. The summed E-state index contributed by atoms with van der Waals surface area (Å²) in [5.41, 5.74) is 0. The number of phosphoric ester groups is 1. The minimum absolute atomic E-state index is 0.0279. The second kappa shape index (κ2) is 34.3. The van der Waals surface area contributed by atoms with E-state index in [0.717, 1.165) is 51.4 Å². The number of carbonyl (C=O) groups is 2. The molecule has 0 aliphatic heterocycles. The molecule has 0 aromatic carbocycles. The average Bonchev–Trinajstić information content (AvgIpc) is 3.47. The van der Waals surface area contributed by atoms with Gasteiger partial charge in [0.1, 0.15) is 19.8 Å². The zero-order valence-electron chi connectivity index (χ0n) is 37.6. The van der Waals surface area contributed by atoms with Crippen LogP contribution >= 0.6 is 7.82 Å². The van der Waals surface area contributed by atoms with Crippen LogP contribution in [0.1, 0.15) is 110 Å². The number of allylic oxidation sites excluding steroid dienone is 13. The average molecular weight is 876 g/mol. The van der Waals surface area contributed by atoms with Crippen LogP contribution in [-0.4, -0.2) is 104 Å². The van der Waals surface area contributed by atoms with E-state index in [1.165, 1.54) is 0 Å². The highest BCUT2D eigenvalue weighted by atomic mass is 31.2. The van der Waals surface area contributed by atoms with Crippen molar-refractivity contribution >= 4 is 19.8 Å². The Hall–Kier alpha value is -3.19. The van der Waals surface area contributed by atoms with Crippen LogP contribution in [-0.2, 0) is 32.7 Å². The lowest BCUT2D eigenvalue weighted by atomic mass is 9.89. The molecule has 0 bridgehead atoms. The van der Waals surface area contributed by atoms with E-state index < -0.39 is 57.4 Å². The van der Waals surface area contributed by atoms with Gasteiger partial charge in [-0.1, -0.05) is 130 Å². The zero-order valence-corrected chi connectivity index (χ0v) is 38.5. The number of aliphatic hydroxyl groups is 3. The lowest BCUT2D eigenvalue weighted by Gasteiger charge is -2.28. The van der Waals surface area contributed by atoms with E-state index in [1.54, 1.807) is 24.3 Å². The van der Waals surface area contributed by atoms with Crippen molar-refractivity contribution in [2.75, 3.05) is 47.5 Å². The first-order valence-electron chi connectivity index (χ1n) is 22.2. The van der Waals surface area contributed by atoms with E-state index in [2.05, 4.69) is 68.5 Å². The maximum atomic E-state index is 12.7. The molecule has 3 N–H and O–H groups in total. The van der Waals surface area contributed by atoms with E-state index in [1.807, 2.05) is 39.4 Å². The van der Waals surface area contributed by atoms with Gasteiger partial charge in [0.15, 0.2) is 6.10 Å². The molecule has 0 heterocycles. The molecule has 61 heavy (non-hydrogen) atoms. The van der Waals surface area contributed by atoms with Gasteiger partial charge in [-0.3, -0.25) is 14.2 Å². The second-order valence-electron chi connectivity index (χ2n) is 16.3. The summed E-state index contributed by atoms with van der Waals surface area (Å²) in [5, 5.41) is 31.4. The van der Waals surface area contributed by atoms with Crippen molar-refractivity contribution in [3.63, 3.8) is 0 Å². The predicted octanol–water partition coefficient (Wildman–Crippen LogP) is 8.32. The maximum Gasteiger partial charge on any atom is 0.309 e. The smallest absolute Gasteiger partial charge is 0.309 e. The van der Waals surface area contributed by atoms with Crippen LogP contribution in [0.25, 0.3) is 0 Å². The molecular weight excluding hydrogens is 797 g/mol. The van der Waals surface area contributed by atoms with Crippen molar-refractivity contribution in [1.29, 1.82) is 0 Å². The Morgan fingerprint density at radius 3 is 1.93 bits per heavy atom. The Morgan fingerprint density at radius 2 is 1.36 bits per heavy atom. The predicted molar refractivity (Wildman–Crippen MR) is 242 cm³/mol. The Kier molecular flexibility index (Phi) is 31.4. The molecular formula is C48H78NO11P. The van der Waals surface area contributed by atoms with E-state index in [4.69, 9.17) is 18.5 Å². The molecule has 0 aromatic rings. The molecule has 0 radical (unpaired) electrons. The molecule has 346 valence electrons. The summed E-state index contributed by atoms with van der Waals surface area (Å²) in [4.78, 5) is 37.8. The number of unbranched alkanes of at least 4 members (excludes halogenated alkanes) is 2. The Balaban J connectivity index is 2.60. The normalized spacial score (nSPS) is 21.1. The van der Waals surface area contributed by atoms with Gasteiger partial charge in [0.05, 0.1) is 52.5 Å². The van der Waals surface area contributed by atoms with Gasteiger partial charge in [-0.2, -0.15) is 0 Å². The number of ether oxygens (including phenoxy) is 2. The lowest BCUT2D eigenvalue weighted by molar-refractivity contribution is -0.870. The molecule has 1 aliphatic carbocycles. The SMILES string of the molecule is CC/C=C\C/C=C\C/C=C\C/C=C\C/C=C\C/C=C\CCC(=O)O[C@H](COC(=O)C/C=C\C[C@H]1[C@@H](/C=C/[C@H](O)CCCCC)[C@H](O)C[C@@H]1O)COP(=O)([O-])OCC[N+](C)(C)C. The standard InChI is InChI=1S/C48H78NO11P/c1-6-8-10-11-12-13-14-15-16-17-18-19-20-21-22-23-24-25-27-33-48(54)60-42(40-59-61(55,56)58-37-36-49(3,4)5)39-57-47(53)32-29-28-31-43-44(46(52)38-45(43)51)35-34-41(50)30-26-9-7-2/h8,10,12-13,15-16,18-19,21-22,24-25,28-29,34-35,41-46,50-52H,6-7,9,11,14,17,20,23,26-27,30-33,36-40H2,1-5H3/b10-8-,13-12-,16-15-,19-18-,22-21-,25-24-,29-28-,35-34+/t41-,42-,43+,44-,45+,46-/m1/s1. The first kappa shape index (κ1) is 55.8. The number of rotatable bonds is 34. The summed E-state index contributed by atoms with van der Waals surface area (Å²) in [5.74, 6) is -1.87. The first-order valence-corrected chi connectivity index (χ1v) is 23.7. The summed E-state index contributed by atoms with van der Waals surface area (Å²) in [7, 11) is 0.930. The summed E-state index contributed by atoms with van der Waals surface area (Å²) < 4.78 is 33.7. The van der Waals surface area contributed by atoms with Crippen LogP contribution in [0.15, 0.2) is 97.2 Å². The van der Waals surface area contributed by atoms with E-state index >= 15 is 0 Å². The van der Waals surface area contributed by atoms with Gasteiger partial charge in [-0.05, 0) is 63.7 Å². The van der Waals surface area contributed by atoms with Crippen molar-refractivity contribution in [2.45, 2.75) is 135 Å². The van der Waals surface area contributed by atoms with E-state index in [9.17, 15) is 34.4 Å². The van der Waals surface area contributed by atoms with Crippen LogP contribution in [0.3, 0.4) is 0 Å². The number of nitrogens with zero attached hydrogens (tertiary/aromatic N) is 1. The molecule has 0 amide bonds. The number of hydrogen-bond acceptors (Lipinski definition) is 11.